The second-order valence-electron chi connectivity index (χ2n) is 7.84. The summed E-state index contributed by atoms with van der Waals surface area (Å²) in [6.45, 7) is 2.45. The summed E-state index contributed by atoms with van der Waals surface area (Å²) in [5, 5.41) is 14.1. The molecule has 1 aromatic carbocycles. The maximum atomic E-state index is 13.0. The van der Waals surface area contributed by atoms with Crippen LogP contribution in [0, 0.1) is 0 Å². The molecule has 3 aliphatic heterocycles. The summed E-state index contributed by atoms with van der Waals surface area (Å²) in [5.74, 6) is -0.905. The molecule has 2 aromatic rings. The van der Waals surface area contributed by atoms with E-state index in [0.29, 0.717) is 37.7 Å². The van der Waals surface area contributed by atoms with Gasteiger partial charge in [0.25, 0.3) is 5.91 Å². The Bertz CT molecular complexity index is 1010. The number of piperidine rings is 1. The number of ether oxygens (including phenoxy) is 1. The third-order valence-electron chi connectivity index (χ3n) is 5.82. The molecular formula is C20H22N6O4. The van der Waals surface area contributed by atoms with E-state index in [1.54, 1.807) is 10.7 Å². The normalized spacial score (nSPS) is 23.7. The average molecular weight is 410 g/mol. The maximum Gasteiger partial charge on any atom is 0.255 e. The summed E-state index contributed by atoms with van der Waals surface area (Å²) in [6, 6.07) is 5.27. The van der Waals surface area contributed by atoms with Crippen LogP contribution in [0.3, 0.4) is 0 Å². The zero-order chi connectivity index (χ0) is 20.7. The van der Waals surface area contributed by atoms with Gasteiger partial charge in [-0.1, -0.05) is 11.3 Å². The van der Waals surface area contributed by atoms with Gasteiger partial charge in [-0.25, -0.2) is 4.68 Å². The highest BCUT2D eigenvalue weighted by atomic mass is 16.5. The van der Waals surface area contributed by atoms with Gasteiger partial charge in [0.1, 0.15) is 6.04 Å². The fourth-order valence-electron chi connectivity index (χ4n) is 4.14. The van der Waals surface area contributed by atoms with E-state index in [4.69, 9.17) is 4.74 Å². The van der Waals surface area contributed by atoms with E-state index in [1.807, 2.05) is 18.3 Å². The predicted octanol–water partition coefficient (Wildman–Crippen LogP) is -0.0932. The summed E-state index contributed by atoms with van der Waals surface area (Å²) in [7, 11) is 0. The Labute approximate surface area is 172 Å². The second-order valence-corrected chi connectivity index (χ2v) is 7.84. The molecule has 2 N–H and O–H groups in total. The number of nitrogens with one attached hydrogen (secondary N) is 2. The first-order chi connectivity index (χ1) is 14.6. The van der Waals surface area contributed by atoms with Crippen molar-refractivity contribution in [2.24, 2.45) is 0 Å². The number of imide groups is 1. The molecule has 0 spiro atoms. The first-order valence-electron chi connectivity index (χ1n) is 10.1. The van der Waals surface area contributed by atoms with E-state index in [0.717, 1.165) is 30.0 Å². The zero-order valence-corrected chi connectivity index (χ0v) is 16.3. The van der Waals surface area contributed by atoms with E-state index in [-0.39, 0.29) is 18.2 Å². The quantitative estimate of drug-likeness (QED) is 0.661. The molecule has 30 heavy (non-hydrogen) atoms. The van der Waals surface area contributed by atoms with Crippen LogP contribution in [0.15, 0.2) is 24.4 Å². The molecule has 4 heterocycles. The Balaban J connectivity index is 1.30. The summed E-state index contributed by atoms with van der Waals surface area (Å²) in [6.07, 6.45) is 3.42. The predicted molar refractivity (Wildman–Crippen MR) is 103 cm³/mol. The number of carbonyl (C=O) groups is 3. The number of aromatic nitrogens is 3. The van der Waals surface area contributed by atoms with Crippen molar-refractivity contribution in [2.75, 3.05) is 13.2 Å². The van der Waals surface area contributed by atoms with Gasteiger partial charge in [-0.2, -0.15) is 0 Å². The van der Waals surface area contributed by atoms with Crippen molar-refractivity contribution < 1.29 is 19.1 Å². The van der Waals surface area contributed by atoms with Crippen LogP contribution in [-0.4, -0.2) is 62.9 Å². The number of amides is 3. The summed E-state index contributed by atoms with van der Waals surface area (Å²) >= 11 is 0. The summed E-state index contributed by atoms with van der Waals surface area (Å²) in [4.78, 5) is 38.1. The second kappa shape index (κ2) is 7.62. The number of hydrogen-bond acceptors (Lipinski definition) is 7. The Hall–Kier alpha value is -3.11. The van der Waals surface area contributed by atoms with Gasteiger partial charge in [0.2, 0.25) is 11.8 Å². The molecule has 3 aliphatic rings. The van der Waals surface area contributed by atoms with Crippen LogP contribution in [0.4, 0.5) is 0 Å². The molecule has 156 valence electrons. The fraction of sp³-hybridized carbons (Fsp3) is 0.450. The number of hydrogen-bond donors (Lipinski definition) is 2. The van der Waals surface area contributed by atoms with Gasteiger partial charge >= 0.3 is 0 Å². The van der Waals surface area contributed by atoms with E-state index in [2.05, 4.69) is 20.9 Å². The highest BCUT2D eigenvalue weighted by Crippen LogP contribution is 2.29. The first-order valence-corrected chi connectivity index (χ1v) is 10.1. The highest BCUT2D eigenvalue weighted by Gasteiger charge is 2.39. The molecule has 3 amide bonds. The lowest BCUT2D eigenvalue weighted by atomic mass is 10.0. The van der Waals surface area contributed by atoms with Crippen LogP contribution in [0.1, 0.15) is 40.9 Å². The van der Waals surface area contributed by atoms with E-state index in [9.17, 15) is 14.4 Å². The number of benzene rings is 1. The molecule has 2 unspecified atom stereocenters. The molecule has 2 saturated heterocycles. The Kier molecular flexibility index (Phi) is 4.80. The summed E-state index contributed by atoms with van der Waals surface area (Å²) in [5.41, 5.74) is 2.95. The van der Waals surface area contributed by atoms with Crippen LogP contribution in [0.25, 0.3) is 5.69 Å². The third kappa shape index (κ3) is 3.48. The van der Waals surface area contributed by atoms with Crippen molar-refractivity contribution in [1.29, 1.82) is 0 Å². The molecule has 0 aliphatic carbocycles. The summed E-state index contributed by atoms with van der Waals surface area (Å²) < 4.78 is 7.00. The number of nitrogens with zero attached hydrogens (tertiary/aromatic N) is 4. The minimum absolute atomic E-state index is 0.204. The molecule has 0 radical (unpaired) electrons. The van der Waals surface area contributed by atoms with E-state index in [1.165, 1.54) is 4.90 Å². The SMILES string of the molecule is O=C1CCC(N2Cc3ccc(-n4cc(CNC5CCOC5)nn4)cc3C2=O)C(=O)N1. The zero-order valence-electron chi connectivity index (χ0n) is 16.3. The molecule has 1 aromatic heterocycles. The van der Waals surface area contributed by atoms with Crippen molar-refractivity contribution in [2.45, 2.75) is 44.4 Å². The number of fused-ring (bicyclic) bond motifs is 1. The molecule has 2 fully saturated rings. The number of carbonyl (C=O) groups excluding carboxylic acids is 3. The molecular weight excluding hydrogens is 388 g/mol. The smallest absolute Gasteiger partial charge is 0.255 e. The van der Waals surface area contributed by atoms with Gasteiger partial charge in [0, 0.05) is 37.7 Å². The van der Waals surface area contributed by atoms with Crippen LogP contribution in [-0.2, 0) is 27.4 Å². The van der Waals surface area contributed by atoms with Gasteiger partial charge in [-0.05, 0) is 30.5 Å². The monoisotopic (exact) mass is 410 g/mol. The minimum Gasteiger partial charge on any atom is -0.380 e. The molecule has 5 rings (SSSR count). The Morgan fingerprint density at radius 2 is 2.13 bits per heavy atom. The van der Waals surface area contributed by atoms with Crippen molar-refractivity contribution >= 4 is 17.7 Å². The van der Waals surface area contributed by atoms with Crippen LogP contribution < -0.4 is 10.6 Å². The van der Waals surface area contributed by atoms with E-state index < -0.39 is 11.9 Å². The maximum absolute atomic E-state index is 13.0. The molecule has 0 saturated carbocycles. The van der Waals surface area contributed by atoms with Crippen LogP contribution >= 0.6 is 0 Å². The Morgan fingerprint density at radius 3 is 2.93 bits per heavy atom. The van der Waals surface area contributed by atoms with Gasteiger partial charge in [0.15, 0.2) is 0 Å². The largest absolute Gasteiger partial charge is 0.380 e. The van der Waals surface area contributed by atoms with Crippen molar-refractivity contribution in [3.63, 3.8) is 0 Å². The minimum atomic E-state index is -0.616. The molecule has 0 bridgehead atoms. The average Bonchev–Trinajstić information content (AvgIpc) is 3.47. The standard InChI is InChI=1S/C20H22N6O4/c27-18-4-3-17(19(28)22-18)25-9-12-1-2-15(7-16(12)20(25)29)26-10-14(23-24-26)8-21-13-5-6-30-11-13/h1-2,7,10,13,17,21H,3-6,8-9,11H2,(H,22,27,28). The van der Waals surface area contributed by atoms with Crippen molar-refractivity contribution in [3.8, 4) is 5.69 Å². The lowest BCUT2D eigenvalue weighted by Crippen LogP contribution is -2.52. The number of rotatable bonds is 5. The van der Waals surface area contributed by atoms with Gasteiger partial charge in [0.05, 0.1) is 24.2 Å². The van der Waals surface area contributed by atoms with Gasteiger partial charge < -0.3 is 15.0 Å². The topological polar surface area (TPSA) is 118 Å². The van der Waals surface area contributed by atoms with Crippen molar-refractivity contribution in [1.82, 2.24) is 30.5 Å². The molecule has 10 heteroatoms. The first kappa shape index (κ1) is 18.9. The van der Waals surface area contributed by atoms with Gasteiger partial charge in [-0.15, -0.1) is 5.10 Å². The molecule has 10 nitrogen and oxygen atoms in total. The lowest BCUT2D eigenvalue weighted by Gasteiger charge is -2.29. The lowest BCUT2D eigenvalue weighted by molar-refractivity contribution is -0.136. The Morgan fingerprint density at radius 1 is 1.23 bits per heavy atom. The van der Waals surface area contributed by atoms with Gasteiger partial charge in [-0.3, -0.25) is 19.7 Å². The van der Waals surface area contributed by atoms with E-state index >= 15 is 0 Å². The molecule has 2 atom stereocenters. The van der Waals surface area contributed by atoms with Crippen molar-refractivity contribution in [3.05, 3.63) is 41.2 Å². The highest BCUT2D eigenvalue weighted by molar-refractivity contribution is 6.05. The fourth-order valence-corrected chi connectivity index (χ4v) is 4.14. The van der Waals surface area contributed by atoms with Crippen LogP contribution in [0.2, 0.25) is 0 Å². The third-order valence-corrected chi connectivity index (χ3v) is 5.82. The van der Waals surface area contributed by atoms with Crippen LogP contribution in [0.5, 0.6) is 0 Å².